The van der Waals surface area contributed by atoms with Gasteiger partial charge < -0.3 is 14.2 Å². The summed E-state index contributed by atoms with van der Waals surface area (Å²) < 4.78 is 5.59. The van der Waals surface area contributed by atoms with Crippen LogP contribution in [0.2, 0.25) is 0 Å². The maximum absolute atomic E-state index is 13.9. The highest BCUT2D eigenvalue weighted by Gasteiger charge is 2.53. The molecule has 3 saturated heterocycles. The number of benzene rings is 1. The molecule has 2 amide bonds. The highest BCUT2D eigenvalue weighted by molar-refractivity contribution is 5.89. The van der Waals surface area contributed by atoms with Gasteiger partial charge in [0.25, 0.3) is 0 Å². The Labute approximate surface area is 182 Å². The summed E-state index contributed by atoms with van der Waals surface area (Å²) in [4.78, 5) is 33.4. The van der Waals surface area contributed by atoms with E-state index in [2.05, 4.69) is 17.0 Å². The number of rotatable bonds is 3. The van der Waals surface area contributed by atoms with Gasteiger partial charge in [0.2, 0.25) is 11.8 Å². The largest absolute Gasteiger partial charge is 0.468 e. The molecule has 162 valence electrons. The van der Waals surface area contributed by atoms with Crippen molar-refractivity contribution in [1.82, 2.24) is 14.7 Å². The number of furan rings is 1. The summed E-state index contributed by atoms with van der Waals surface area (Å²) in [7, 11) is 0. The van der Waals surface area contributed by atoms with Crippen molar-refractivity contribution in [2.24, 2.45) is 11.8 Å². The molecule has 0 spiro atoms. The van der Waals surface area contributed by atoms with Crippen molar-refractivity contribution in [2.45, 2.75) is 57.4 Å². The van der Waals surface area contributed by atoms with Crippen LogP contribution < -0.4 is 0 Å². The van der Waals surface area contributed by atoms with Crippen molar-refractivity contribution in [1.29, 1.82) is 0 Å². The van der Waals surface area contributed by atoms with Gasteiger partial charge in [-0.25, -0.2) is 0 Å². The Balaban J connectivity index is 1.28. The number of hydrogen-bond donors (Lipinski definition) is 0. The average Bonchev–Trinajstić information content (AvgIpc) is 3.44. The first kappa shape index (κ1) is 19.1. The van der Waals surface area contributed by atoms with Gasteiger partial charge in [-0.15, -0.1) is 0 Å². The minimum atomic E-state index is -0.331. The predicted octanol–water partition coefficient (Wildman–Crippen LogP) is 3.02. The molecule has 2 bridgehead atoms. The average molecular weight is 420 g/mol. The standard InChI is InChI=1S/C25H29N3O3/c29-23-9-3-8-22-19-11-20(13-26(12-19)16-21-7-4-10-31-21)24(28(22)23)25(30)27-14-17-5-1-2-6-18(17)15-27/h1-2,4-7,10,19-20,22,24H,3,8-9,11-16H2/t19-,20+,22-,24+/m0/s1. The predicted molar refractivity (Wildman–Crippen MR) is 115 cm³/mol. The summed E-state index contributed by atoms with van der Waals surface area (Å²) in [6.07, 6.45) is 5.30. The van der Waals surface area contributed by atoms with Gasteiger partial charge in [-0.1, -0.05) is 24.3 Å². The zero-order chi connectivity index (χ0) is 20.9. The molecular formula is C25H29N3O3. The fourth-order valence-electron chi connectivity index (χ4n) is 6.50. The van der Waals surface area contributed by atoms with E-state index in [0.29, 0.717) is 25.4 Å². The number of carbonyl (C=O) groups is 2. The molecule has 0 N–H and O–H groups in total. The number of hydrogen-bond acceptors (Lipinski definition) is 4. The number of carbonyl (C=O) groups excluding carboxylic acids is 2. The summed E-state index contributed by atoms with van der Waals surface area (Å²) in [6.45, 7) is 3.90. The van der Waals surface area contributed by atoms with Gasteiger partial charge in [-0.3, -0.25) is 14.5 Å². The summed E-state index contributed by atoms with van der Waals surface area (Å²) in [5.74, 6) is 1.91. The number of piperidine rings is 3. The molecule has 0 saturated carbocycles. The summed E-state index contributed by atoms with van der Waals surface area (Å²) in [6, 6.07) is 12.1. The number of fused-ring (bicyclic) bond motifs is 5. The van der Waals surface area contributed by atoms with Crippen LogP contribution in [0.5, 0.6) is 0 Å². The zero-order valence-electron chi connectivity index (χ0n) is 17.8. The van der Waals surface area contributed by atoms with Gasteiger partial charge in [-0.2, -0.15) is 0 Å². The topological polar surface area (TPSA) is 57.0 Å². The van der Waals surface area contributed by atoms with Crippen LogP contribution in [0.15, 0.2) is 47.1 Å². The smallest absolute Gasteiger partial charge is 0.246 e. The van der Waals surface area contributed by atoms with Crippen molar-refractivity contribution in [2.75, 3.05) is 13.1 Å². The Morgan fingerprint density at radius 1 is 1.03 bits per heavy atom. The third-order valence-corrected chi connectivity index (χ3v) is 7.78. The van der Waals surface area contributed by atoms with Crippen molar-refractivity contribution in [3.63, 3.8) is 0 Å². The molecule has 1 aromatic carbocycles. The minimum absolute atomic E-state index is 0.139. The molecule has 4 aliphatic rings. The van der Waals surface area contributed by atoms with Gasteiger partial charge in [-0.05, 0) is 48.4 Å². The molecule has 3 fully saturated rings. The van der Waals surface area contributed by atoms with E-state index in [1.807, 2.05) is 34.1 Å². The van der Waals surface area contributed by atoms with Crippen LogP contribution in [0.25, 0.3) is 0 Å². The molecule has 31 heavy (non-hydrogen) atoms. The molecule has 6 heteroatoms. The van der Waals surface area contributed by atoms with Crippen LogP contribution in [-0.2, 0) is 29.2 Å². The van der Waals surface area contributed by atoms with Gasteiger partial charge in [0.05, 0.1) is 12.8 Å². The van der Waals surface area contributed by atoms with E-state index >= 15 is 0 Å². The van der Waals surface area contributed by atoms with Crippen LogP contribution in [0.4, 0.5) is 0 Å². The number of likely N-dealkylation sites (tertiary alicyclic amines) is 1. The van der Waals surface area contributed by atoms with Crippen LogP contribution >= 0.6 is 0 Å². The van der Waals surface area contributed by atoms with Crippen molar-refractivity contribution >= 4 is 11.8 Å². The highest BCUT2D eigenvalue weighted by atomic mass is 16.3. The molecule has 0 unspecified atom stereocenters. The van der Waals surface area contributed by atoms with Crippen LogP contribution in [0.1, 0.15) is 42.6 Å². The van der Waals surface area contributed by atoms with Gasteiger partial charge in [0.15, 0.2) is 0 Å². The second-order valence-corrected chi connectivity index (χ2v) is 9.70. The first-order chi connectivity index (χ1) is 15.2. The Hall–Kier alpha value is -2.60. The summed E-state index contributed by atoms with van der Waals surface area (Å²) in [5, 5.41) is 0. The maximum atomic E-state index is 13.9. The molecule has 2 aromatic rings. The van der Waals surface area contributed by atoms with E-state index in [4.69, 9.17) is 4.42 Å². The quantitative estimate of drug-likeness (QED) is 0.768. The molecule has 1 aromatic heterocycles. The van der Waals surface area contributed by atoms with E-state index in [1.165, 1.54) is 11.1 Å². The monoisotopic (exact) mass is 419 g/mol. The van der Waals surface area contributed by atoms with E-state index < -0.39 is 0 Å². The van der Waals surface area contributed by atoms with Gasteiger partial charge >= 0.3 is 0 Å². The Morgan fingerprint density at radius 2 is 1.81 bits per heavy atom. The summed E-state index contributed by atoms with van der Waals surface area (Å²) >= 11 is 0. The first-order valence-corrected chi connectivity index (χ1v) is 11.6. The molecule has 4 atom stereocenters. The minimum Gasteiger partial charge on any atom is -0.468 e. The molecule has 4 aliphatic heterocycles. The van der Waals surface area contributed by atoms with Crippen LogP contribution in [0.3, 0.4) is 0 Å². The lowest BCUT2D eigenvalue weighted by atomic mass is 9.71. The van der Waals surface area contributed by atoms with Crippen LogP contribution in [0, 0.1) is 11.8 Å². The van der Waals surface area contributed by atoms with Crippen molar-refractivity contribution < 1.29 is 14.0 Å². The second kappa shape index (κ2) is 7.52. The molecule has 0 radical (unpaired) electrons. The molecule has 0 aliphatic carbocycles. The zero-order valence-corrected chi connectivity index (χ0v) is 17.8. The number of amides is 2. The van der Waals surface area contributed by atoms with Gasteiger partial charge in [0.1, 0.15) is 11.8 Å². The Morgan fingerprint density at radius 3 is 2.55 bits per heavy atom. The first-order valence-electron chi connectivity index (χ1n) is 11.6. The second-order valence-electron chi connectivity index (χ2n) is 9.70. The lowest BCUT2D eigenvalue weighted by Crippen LogP contribution is -2.68. The summed E-state index contributed by atoms with van der Waals surface area (Å²) in [5.41, 5.74) is 2.46. The maximum Gasteiger partial charge on any atom is 0.246 e. The third-order valence-electron chi connectivity index (χ3n) is 7.78. The fourth-order valence-corrected chi connectivity index (χ4v) is 6.50. The van der Waals surface area contributed by atoms with E-state index in [1.54, 1.807) is 6.26 Å². The fraction of sp³-hybridized carbons (Fsp3) is 0.520. The van der Waals surface area contributed by atoms with E-state index in [-0.39, 0.29) is 29.8 Å². The normalized spacial score (nSPS) is 30.3. The van der Waals surface area contributed by atoms with Crippen molar-refractivity contribution in [3.05, 3.63) is 59.5 Å². The van der Waals surface area contributed by atoms with Gasteiger partial charge in [0, 0.05) is 44.6 Å². The molecular weight excluding hydrogens is 390 g/mol. The SMILES string of the molecule is O=C([C@H]1[C@@H]2C[C@@H](CN(Cc3ccco3)C2)[C@@H]2CCCC(=O)N21)N1Cc2ccccc2C1. The number of nitrogens with zero attached hydrogens (tertiary/aromatic N) is 3. The molecule has 6 rings (SSSR count). The van der Waals surface area contributed by atoms with Crippen LogP contribution in [-0.4, -0.2) is 51.7 Å². The van der Waals surface area contributed by atoms with E-state index in [9.17, 15) is 9.59 Å². The lowest BCUT2D eigenvalue weighted by molar-refractivity contribution is -0.166. The lowest BCUT2D eigenvalue weighted by Gasteiger charge is -2.56. The molecule has 5 heterocycles. The Kier molecular flexibility index (Phi) is 4.64. The third kappa shape index (κ3) is 3.28. The highest BCUT2D eigenvalue weighted by Crippen LogP contribution is 2.43. The Bertz CT molecular complexity index is 963. The van der Waals surface area contributed by atoms with Crippen molar-refractivity contribution in [3.8, 4) is 0 Å². The molecule has 6 nitrogen and oxygen atoms in total. The van der Waals surface area contributed by atoms with E-state index in [0.717, 1.165) is 44.7 Å².